The van der Waals surface area contributed by atoms with Crippen molar-refractivity contribution in [1.29, 1.82) is 5.26 Å². The number of sulfonamides is 1. The zero-order valence-electron chi connectivity index (χ0n) is 8.54. The van der Waals surface area contributed by atoms with Crippen LogP contribution < -0.4 is 4.72 Å². The van der Waals surface area contributed by atoms with Crippen molar-refractivity contribution in [2.75, 3.05) is 0 Å². The Balaban J connectivity index is 2.11. The van der Waals surface area contributed by atoms with Crippen molar-refractivity contribution in [2.24, 2.45) is 0 Å². The topological polar surface area (TPSA) is 98.6 Å². The van der Waals surface area contributed by atoms with E-state index in [4.69, 9.17) is 5.26 Å². The Kier molecular flexibility index (Phi) is 3.23. The summed E-state index contributed by atoms with van der Waals surface area (Å²) in [5.41, 5.74) is 0.672. The lowest BCUT2D eigenvalue weighted by atomic mass is 10.5. The van der Waals surface area contributed by atoms with Gasteiger partial charge >= 0.3 is 0 Å². The summed E-state index contributed by atoms with van der Waals surface area (Å²) in [6.07, 6.45) is 3.01. The minimum Gasteiger partial charge on any atom is -0.347 e. The number of thiophene rings is 1. The van der Waals surface area contributed by atoms with Crippen LogP contribution in [0.2, 0.25) is 0 Å². The van der Waals surface area contributed by atoms with E-state index in [0.29, 0.717) is 10.6 Å². The summed E-state index contributed by atoms with van der Waals surface area (Å²) in [4.78, 5) is 6.94. The van der Waals surface area contributed by atoms with E-state index in [1.807, 2.05) is 6.07 Å². The highest BCUT2D eigenvalue weighted by molar-refractivity contribution is 7.91. The molecule has 0 aromatic carbocycles. The van der Waals surface area contributed by atoms with E-state index in [1.54, 1.807) is 0 Å². The number of nitrogens with zero attached hydrogens (tertiary/aromatic N) is 2. The highest BCUT2D eigenvalue weighted by Gasteiger charge is 2.16. The predicted molar refractivity (Wildman–Crippen MR) is 61.6 cm³/mol. The monoisotopic (exact) mass is 268 g/mol. The maximum Gasteiger partial charge on any atom is 0.250 e. The number of aromatic amines is 1. The zero-order chi connectivity index (χ0) is 12.3. The van der Waals surface area contributed by atoms with Gasteiger partial charge in [-0.1, -0.05) is 0 Å². The number of nitrogens with one attached hydrogen (secondary N) is 2. The third-order valence-electron chi connectivity index (χ3n) is 1.96. The lowest BCUT2D eigenvalue weighted by molar-refractivity contribution is 0.582. The minimum atomic E-state index is -3.56. The Bertz CT molecular complexity index is 637. The van der Waals surface area contributed by atoms with Crippen molar-refractivity contribution in [2.45, 2.75) is 10.8 Å². The molecule has 0 unspecified atom stereocenters. The van der Waals surface area contributed by atoms with Crippen LogP contribution in [0.5, 0.6) is 0 Å². The first-order valence-corrected chi connectivity index (χ1v) is 6.88. The van der Waals surface area contributed by atoms with E-state index < -0.39 is 10.0 Å². The van der Waals surface area contributed by atoms with Crippen molar-refractivity contribution < 1.29 is 8.42 Å². The summed E-state index contributed by atoms with van der Waals surface area (Å²) in [6.45, 7) is 0.141. The average Bonchev–Trinajstić information content (AvgIpc) is 2.98. The molecule has 2 heterocycles. The van der Waals surface area contributed by atoms with Crippen molar-refractivity contribution >= 4 is 21.4 Å². The molecule has 0 aliphatic rings. The van der Waals surface area contributed by atoms with Crippen LogP contribution in [0.4, 0.5) is 0 Å². The summed E-state index contributed by atoms with van der Waals surface area (Å²) >= 11 is 0.940. The Hall–Kier alpha value is -1.69. The third kappa shape index (κ3) is 2.71. The molecule has 0 fully saturated rings. The van der Waals surface area contributed by atoms with E-state index in [0.717, 1.165) is 11.3 Å². The molecule has 0 aliphatic carbocycles. The van der Waals surface area contributed by atoms with Crippen LogP contribution in [-0.4, -0.2) is 18.4 Å². The van der Waals surface area contributed by atoms with Gasteiger partial charge in [-0.2, -0.15) is 5.26 Å². The van der Waals surface area contributed by atoms with Crippen molar-refractivity contribution in [3.8, 4) is 6.07 Å². The molecule has 17 heavy (non-hydrogen) atoms. The molecule has 0 amide bonds. The van der Waals surface area contributed by atoms with Gasteiger partial charge in [0.1, 0.15) is 15.2 Å². The van der Waals surface area contributed by atoms with Gasteiger partial charge in [0.15, 0.2) is 0 Å². The molecule has 0 bridgehead atoms. The van der Waals surface area contributed by atoms with Gasteiger partial charge in [0, 0.05) is 11.9 Å². The Labute approximate surface area is 102 Å². The second-order valence-electron chi connectivity index (χ2n) is 3.13. The number of H-pyrrole nitrogens is 1. The van der Waals surface area contributed by atoms with Crippen LogP contribution in [0.3, 0.4) is 0 Å². The second-order valence-corrected chi connectivity index (χ2v) is 6.21. The number of imidazole rings is 1. The van der Waals surface area contributed by atoms with Crippen LogP contribution >= 0.6 is 11.3 Å². The van der Waals surface area contributed by atoms with E-state index >= 15 is 0 Å². The standard InChI is InChI=1S/C9H8N4O2S2/c10-3-8-1-2-9(16-8)17(14,15)13-5-7-4-11-6-12-7/h1-2,4,6,13H,5H2,(H,11,12). The molecular formula is C9H8N4O2S2. The molecule has 6 nitrogen and oxygen atoms in total. The van der Waals surface area contributed by atoms with Gasteiger partial charge in [0.25, 0.3) is 0 Å². The van der Waals surface area contributed by atoms with Crippen LogP contribution in [0, 0.1) is 11.3 Å². The van der Waals surface area contributed by atoms with Gasteiger partial charge in [-0.15, -0.1) is 11.3 Å². The fraction of sp³-hybridized carbons (Fsp3) is 0.111. The normalized spacial score (nSPS) is 11.2. The molecule has 0 saturated heterocycles. The van der Waals surface area contributed by atoms with E-state index in [2.05, 4.69) is 14.7 Å². The van der Waals surface area contributed by atoms with Crippen molar-refractivity contribution in [3.05, 3.63) is 35.2 Å². The lowest BCUT2D eigenvalue weighted by Gasteiger charge is -2.02. The smallest absolute Gasteiger partial charge is 0.250 e. The van der Waals surface area contributed by atoms with Gasteiger partial charge in [-0.25, -0.2) is 18.1 Å². The summed E-state index contributed by atoms with van der Waals surface area (Å²) in [7, 11) is -3.56. The number of nitriles is 1. The first-order valence-electron chi connectivity index (χ1n) is 4.58. The summed E-state index contributed by atoms with van der Waals surface area (Å²) in [6, 6.07) is 4.80. The van der Waals surface area contributed by atoms with Crippen LogP contribution in [0.1, 0.15) is 10.6 Å². The molecule has 88 valence electrons. The fourth-order valence-electron chi connectivity index (χ4n) is 1.15. The number of rotatable bonds is 4. The third-order valence-corrected chi connectivity index (χ3v) is 4.85. The predicted octanol–water partition coefficient (Wildman–Crippen LogP) is 0.821. The molecule has 8 heteroatoms. The molecule has 2 N–H and O–H groups in total. The number of aromatic nitrogens is 2. The van der Waals surface area contributed by atoms with Crippen molar-refractivity contribution in [3.63, 3.8) is 0 Å². The van der Waals surface area contributed by atoms with E-state index in [1.165, 1.54) is 24.7 Å². The highest BCUT2D eigenvalue weighted by atomic mass is 32.2. The van der Waals surface area contributed by atoms with Gasteiger partial charge < -0.3 is 4.98 Å². The molecule has 2 aromatic heterocycles. The average molecular weight is 268 g/mol. The summed E-state index contributed by atoms with van der Waals surface area (Å²) < 4.78 is 26.2. The molecule has 2 rings (SSSR count). The zero-order valence-corrected chi connectivity index (χ0v) is 10.2. The molecule has 0 saturated carbocycles. The summed E-state index contributed by atoms with van der Waals surface area (Å²) in [5, 5.41) is 8.63. The Morgan fingerprint density at radius 1 is 1.53 bits per heavy atom. The SMILES string of the molecule is N#Cc1ccc(S(=O)(=O)NCc2cnc[nH]2)s1. The molecule has 0 aliphatic heterocycles. The minimum absolute atomic E-state index is 0.133. The maximum atomic E-state index is 11.8. The maximum absolute atomic E-state index is 11.8. The molecule has 2 aromatic rings. The number of hydrogen-bond donors (Lipinski definition) is 2. The number of hydrogen-bond acceptors (Lipinski definition) is 5. The van der Waals surface area contributed by atoms with E-state index in [9.17, 15) is 8.42 Å². The lowest BCUT2D eigenvalue weighted by Crippen LogP contribution is -2.22. The van der Waals surface area contributed by atoms with Crippen LogP contribution in [-0.2, 0) is 16.6 Å². The molecule has 0 spiro atoms. The van der Waals surface area contributed by atoms with Gasteiger partial charge in [0.05, 0.1) is 12.9 Å². The Morgan fingerprint density at radius 2 is 2.35 bits per heavy atom. The molecular weight excluding hydrogens is 260 g/mol. The molecule has 0 radical (unpaired) electrons. The van der Waals surface area contributed by atoms with Gasteiger partial charge in [0.2, 0.25) is 10.0 Å². The van der Waals surface area contributed by atoms with E-state index in [-0.39, 0.29) is 10.8 Å². The first-order chi connectivity index (χ1) is 8.12. The van der Waals surface area contributed by atoms with Crippen LogP contribution in [0.15, 0.2) is 28.9 Å². The van der Waals surface area contributed by atoms with Gasteiger partial charge in [-0.3, -0.25) is 0 Å². The first kappa shape index (κ1) is 11.8. The summed E-state index contributed by atoms with van der Waals surface area (Å²) in [5.74, 6) is 0. The quantitative estimate of drug-likeness (QED) is 0.857. The largest absolute Gasteiger partial charge is 0.347 e. The van der Waals surface area contributed by atoms with Crippen molar-refractivity contribution in [1.82, 2.24) is 14.7 Å². The van der Waals surface area contributed by atoms with Crippen LogP contribution in [0.25, 0.3) is 0 Å². The molecule has 0 atom stereocenters. The highest BCUT2D eigenvalue weighted by Crippen LogP contribution is 2.20. The fourth-order valence-corrected chi connectivity index (χ4v) is 3.30. The second kappa shape index (κ2) is 4.67. The Morgan fingerprint density at radius 3 is 2.94 bits per heavy atom. The van der Waals surface area contributed by atoms with Gasteiger partial charge in [-0.05, 0) is 12.1 Å².